The van der Waals surface area contributed by atoms with Crippen molar-refractivity contribution in [3.8, 4) is 0 Å². The molecule has 0 aromatic heterocycles. The average Bonchev–Trinajstić information content (AvgIpc) is 2.48. The van der Waals surface area contributed by atoms with Crippen molar-refractivity contribution in [3.63, 3.8) is 0 Å². The smallest absolute Gasteiger partial charge is 0.126 e. The summed E-state index contributed by atoms with van der Waals surface area (Å²) in [5.74, 6) is -0.198. The highest BCUT2D eigenvalue weighted by molar-refractivity contribution is 5.26. The van der Waals surface area contributed by atoms with Gasteiger partial charge < -0.3 is 10.4 Å². The number of benzene rings is 2. The number of aliphatic hydroxyl groups is 1. The lowest BCUT2D eigenvalue weighted by atomic mass is 9.95. The van der Waals surface area contributed by atoms with Gasteiger partial charge in [0, 0.05) is 12.6 Å². The van der Waals surface area contributed by atoms with Crippen molar-refractivity contribution >= 4 is 0 Å². The Morgan fingerprint density at radius 1 is 1.19 bits per heavy atom. The molecule has 0 spiro atoms. The van der Waals surface area contributed by atoms with Gasteiger partial charge in [-0.15, -0.1) is 0 Å². The maximum absolute atomic E-state index is 13.6. The van der Waals surface area contributed by atoms with Gasteiger partial charge in [0.15, 0.2) is 0 Å². The zero-order valence-electron chi connectivity index (χ0n) is 12.7. The van der Waals surface area contributed by atoms with Crippen LogP contribution in [0.15, 0.2) is 48.5 Å². The summed E-state index contributed by atoms with van der Waals surface area (Å²) in [6.45, 7) is 5.88. The van der Waals surface area contributed by atoms with Gasteiger partial charge in [-0.25, -0.2) is 4.39 Å². The lowest BCUT2D eigenvalue weighted by Crippen LogP contribution is -2.36. The minimum absolute atomic E-state index is 0.0321. The summed E-state index contributed by atoms with van der Waals surface area (Å²) in [4.78, 5) is 0. The Morgan fingerprint density at radius 3 is 2.48 bits per heavy atom. The van der Waals surface area contributed by atoms with Crippen LogP contribution >= 0.6 is 0 Å². The molecule has 0 heterocycles. The largest absolute Gasteiger partial charge is 0.384 e. The third-order valence-electron chi connectivity index (χ3n) is 3.84. The van der Waals surface area contributed by atoms with Crippen LogP contribution in [0.2, 0.25) is 0 Å². The van der Waals surface area contributed by atoms with E-state index in [1.807, 2.05) is 43.3 Å². The van der Waals surface area contributed by atoms with Crippen molar-refractivity contribution in [2.45, 2.75) is 32.4 Å². The number of aryl methyl sites for hydroxylation is 1. The monoisotopic (exact) mass is 287 g/mol. The van der Waals surface area contributed by atoms with E-state index in [1.165, 1.54) is 0 Å². The SMILES string of the molecule is Cc1ccc(C(C)NCC(C)(O)c2ccccc2)cc1F. The molecule has 0 aliphatic rings. The molecule has 21 heavy (non-hydrogen) atoms. The van der Waals surface area contributed by atoms with Crippen LogP contribution in [0.4, 0.5) is 4.39 Å². The number of halogens is 1. The van der Waals surface area contributed by atoms with Crippen LogP contribution < -0.4 is 5.32 Å². The maximum atomic E-state index is 13.6. The fraction of sp³-hybridized carbons (Fsp3) is 0.333. The highest BCUT2D eigenvalue weighted by Gasteiger charge is 2.23. The summed E-state index contributed by atoms with van der Waals surface area (Å²) in [6, 6.07) is 14.7. The summed E-state index contributed by atoms with van der Waals surface area (Å²) in [5.41, 5.74) is 1.42. The first-order valence-corrected chi connectivity index (χ1v) is 7.17. The molecular formula is C18H22FNO. The molecule has 0 aliphatic carbocycles. The molecule has 2 N–H and O–H groups in total. The van der Waals surface area contributed by atoms with E-state index in [2.05, 4.69) is 5.32 Å². The van der Waals surface area contributed by atoms with E-state index in [1.54, 1.807) is 26.0 Å². The molecule has 3 heteroatoms. The molecule has 0 aliphatic heterocycles. The summed E-state index contributed by atoms with van der Waals surface area (Å²) in [7, 11) is 0. The predicted octanol–water partition coefficient (Wildman–Crippen LogP) is 3.69. The van der Waals surface area contributed by atoms with Crippen molar-refractivity contribution in [3.05, 3.63) is 71.0 Å². The normalized spacial score (nSPS) is 15.5. The Balaban J connectivity index is 2.03. The average molecular weight is 287 g/mol. The number of nitrogens with one attached hydrogen (secondary N) is 1. The van der Waals surface area contributed by atoms with Crippen LogP contribution in [0.5, 0.6) is 0 Å². The lowest BCUT2D eigenvalue weighted by Gasteiger charge is -2.26. The minimum atomic E-state index is -0.960. The Kier molecular flexibility index (Phi) is 4.76. The Bertz CT molecular complexity index is 595. The van der Waals surface area contributed by atoms with Crippen molar-refractivity contribution in [2.75, 3.05) is 6.54 Å². The van der Waals surface area contributed by atoms with Crippen LogP contribution in [0.1, 0.15) is 36.6 Å². The third kappa shape index (κ3) is 3.90. The first kappa shape index (κ1) is 15.7. The molecular weight excluding hydrogens is 265 g/mol. The number of rotatable bonds is 5. The van der Waals surface area contributed by atoms with Gasteiger partial charge in [-0.05, 0) is 43.5 Å². The van der Waals surface area contributed by atoms with Crippen LogP contribution in [0.25, 0.3) is 0 Å². The van der Waals surface area contributed by atoms with Gasteiger partial charge in [0.2, 0.25) is 0 Å². The second-order valence-corrected chi connectivity index (χ2v) is 5.75. The van der Waals surface area contributed by atoms with Gasteiger partial charge >= 0.3 is 0 Å². The fourth-order valence-corrected chi connectivity index (χ4v) is 2.25. The zero-order valence-corrected chi connectivity index (χ0v) is 12.7. The van der Waals surface area contributed by atoms with Gasteiger partial charge in [-0.2, -0.15) is 0 Å². The van der Waals surface area contributed by atoms with Gasteiger partial charge in [-0.3, -0.25) is 0 Å². The van der Waals surface area contributed by atoms with E-state index in [4.69, 9.17) is 0 Å². The molecule has 0 saturated carbocycles. The molecule has 0 saturated heterocycles. The summed E-state index contributed by atoms with van der Waals surface area (Å²) in [5, 5.41) is 13.8. The molecule has 0 fully saturated rings. The number of hydrogen-bond donors (Lipinski definition) is 2. The van der Waals surface area contributed by atoms with E-state index in [0.29, 0.717) is 12.1 Å². The van der Waals surface area contributed by atoms with Crippen molar-refractivity contribution in [2.24, 2.45) is 0 Å². The van der Waals surface area contributed by atoms with Crippen molar-refractivity contribution in [1.82, 2.24) is 5.32 Å². The van der Waals surface area contributed by atoms with E-state index in [9.17, 15) is 9.50 Å². The molecule has 0 bridgehead atoms. The molecule has 2 atom stereocenters. The topological polar surface area (TPSA) is 32.3 Å². The molecule has 2 unspecified atom stereocenters. The molecule has 0 amide bonds. The fourth-order valence-electron chi connectivity index (χ4n) is 2.25. The highest BCUT2D eigenvalue weighted by atomic mass is 19.1. The highest BCUT2D eigenvalue weighted by Crippen LogP contribution is 2.21. The molecule has 112 valence electrons. The molecule has 0 radical (unpaired) electrons. The summed E-state index contributed by atoms with van der Waals surface area (Å²) >= 11 is 0. The second kappa shape index (κ2) is 6.37. The Hall–Kier alpha value is -1.71. The standard InChI is InChI=1S/C18H22FNO/c1-13-9-10-15(11-17(13)19)14(2)20-12-18(3,21)16-7-5-4-6-8-16/h4-11,14,20-21H,12H2,1-3H3. The first-order chi connectivity index (χ1) is 9.90. The van der Waals surface area contributed by atoms with E-state index in [0.717, 1.165) is 11.1 Å². The third-order valence-corrected chi connectivity index (χ3v) is 3.84. The number of hydrogen-bond acceptors (Lipinski definition) is 2. The molecule has 2 aromatic rings. The van der Waals surface area contributed by atoms with Gasteiger partial charge in [-0.1, -0.05) is 42.5 Å². The van der Waals surface area contributed by atoms with Crippen LogP contribution in [0.3, 0.4) is 0 Å². The molecule has 2 nitrogen and oxygen atoms in total. The van der Waals surface area contributed by atoms with Crippen molar-refractivity contribution in [1.29, 1.82) is 0 Å². The predicted molar refractivity (Wildman–Crippen MR) is 83.6 cm³/mol. The van der Waals surface area contributed by atoms with Gasteiger partial charge in [0.25, 0.3) is 0 Å². The molecule has 2 aromatic carbocycles. The second-order valence-electron chi connectivity index (χ2n) is 5.75. The molecule has 2 rings (SSSR count). The van der Waals surface area contributed by atoms with Gasteiger partial charge in [0.05, 0.1) is 5.60 Å². The zero-order chi connectivity index (χ0) is 15.5. The van der Waals surface area contributed by atoms with Crippen LogP contribution in [0, 0.1) is 12.7 Å². The van der Waals surface area contributed by atoms with E-state index < -0.39 is 5.60 Å². The van der Waals surface area contributed by atoms with Crippen LogP contribution in [-0.2, 0) is 5.60 Å². The van der Waals surface area contributed by atoms with Crippen LogP contribution in [-0.4, -0.2) is 11.7 Å². The first-order valence-electron chi connectivity index (χ1n) is 7.17. The van der Waals surface area contributed by atoms with Crippen molar-refractivity contribution < 1.29 is 9.50 Å². The maximum Gasteiger partial charge on any atom is 0.126 e. The summed E-state index contributed by atoms with van der Waals surface area (Å²) in [6.07, 6.45) is 0. The quantitative estimate of drug-likeness (QED) is 0.879. The minimum Gasteiger partial charge on any atom is -0.384 e. The van der Waals surface area contributed by atoms with E-state index in [-0.39, 0.29) is 11.9 Å². The lowest BCUT2D eigenvalue weighted by molar-refractivity contribution is 0.0543. The Labute approximate surface area is 125 Å². The Morgan fingerprint density at radius 2 is 1.86 bits per heavy atom. The summed E-state index contributed by atoms with van der Waals surface area (Å²) < 4.78 is 13.6. The van der Waals surface area contributed by atoms with E-state index >= 15 is 0 Å². The van der Waals surface area contributed by atoms with Gasteiger partial charge in [0.1, 0.15) is 5.82 Å².